The molecule has 0 aromatic carbocycles. The first-order chi connectivity index (χ1) is 6.89. The summed E-state index contributed by atoms with van der Waals surface area (Å²) in [5.41, 5.74) is 5.86. The molecule has 98 valence electrons. The second-order valence-electron chi connectivity index (χ2n) is 4.21. The Kier molecular flexibility index (Phi) is 6.21. The zero-order chi connectivity index (χ0) is 11.6. The van der Waals surface area contributed by atoms with E-state index in [1.54, 1.807) is 7.05 Å². The second-order valence-corrected chi connectivity index (χ2v) is 6.25. The Morgan fingerprint density at radius 1 is 1.50 bits per heavy atom. The molecule has 0 aliphatic carbocycles. The summed E-state index contributed by atoms with van der Waals surface area (Å²) in [6, 6.07) is 0.128. The summed E-state index contributed by atoms with van der Waals surface area (Å²) >= 11 is 0. The molecule has 1 heterocycles. The number of rotatable bonds is 3. The number of piperidine rings is 1. The van der Waals surface area contributed by atoms with Gasteiger partial charge in [-0.15, -0.1) is 12.4 Å². The van der Waals surface area contributed by atoms with Gasteiger partial charge < -0.3 is 5.73 Å². The van der Waals surface area contributed by atoms with Crippen molar-refractivity contribution in [3.05, 3.63) is 0 Å². The normalized spacial score (nSPS) is 27.8. The van der Waals surface area contributed by atoms with Crippen LogP contribution < -0.4 is 5.73 Å². The second kappa shape index (κ2) is 6.16. The van der Waals surface area contributed by atoms with Crippen molar-refractivity contribution >= 4 is 22.6 Å². The minimum Gasteiger partial charge on any atom is -0.327 e. The highest BCUT2D eigenvalue weighted by atomic mass is 35.5. The molecule has 0 amide bonds. The minimum atomic E-state index is -3.26. The van der Waals surface area contributed by atoms with Crippen molar-refractivity contribution in [2.24, 2.45) is 11.7 Å². The lowest BCUT2D eigenvalue weighted by atomic mass is 9.96. The fourth-order valence-corrected chi connectivity index (χ4v) is 3.18. The van der Waals surface area contributed by atoms with Gasteiger partial charge >= 0.3 is 0 Å². The van der Waals surface area contributed by atoms with Gasteiger partial charge in [0.15, 0.2) is 0 Å². The van der Waals surface area contributed by atoms with Gasteiger partial charge in [-0.05, 0) is 12.3 Å². The van der Waals surface area contributed by atoms with Crippen molar-refractivity contribution < 1.29 is 8.42 Å². The van der Waals surface area contributed by atoms with E-state index < -0.39 is 10.2 Å². The number of hydrogen-bond donors (Lipinski definition) is 1. The van der Waals surface area contributed by atoms with Gasteiger partial charge in [-0.3, -0.25) is 0 Å². The van der Waals surface area contributed by atoms with Gasteiger partial charge in [0, 0.05) is 32.7 Å². The molecule has 0 bridgehead atoms. The zero-order valence-electron chi connectivity index (χ0n) is 10.1. The van der Waals surface area contributed by atoms with E-state index in [1.165, 1.54) is 8.61 Å². The maximum Gasteiger partial charge on any atom is 0.281 e. The van der Waals surface area contributed by atoms with Crippen LogP contribution in [0.1, 0.15) is 20.3 Å². The molecule has 0 aromatic rings. The molecular formula is C9H22ClN3O2S. The first-order valence-electron chi connectivity index (χ1n) is 5.36. The Morgan fingerprint density at radius 2 is 2.06 bits per heavy atom. The molecule has 1 rings (SSSR count). The molecule has 0 aromatic heterocycles. The average Bonchev–Trinajstić information content (AvgIpc) is 2.20. The van der Waals surface area contributed by atoms with Gasteiger partial charge in [0.25, 0.3) is 10.2 Å². The molecule has 0 saturated carbocycles. The van der Waals surface area contributed by atoms with Gasteiger partial charge in [-0.1, -0.05) is 13.8 Å². The first kappa shape index (κ1) is 16.1. The summed E-state index contributed by atoms with van der Waals surface area (Å²) in [5.74, 6) is 0.235. The molecule has 2 atom stereocenters. The average molecular weight is 272 g/mol. The standard InChI is InChI=1S/C9H21N3O2S.ClH/c1-4-11(3)15(13,14)12-6-5-9(10)8(2)7-12;/h8-9H,4-7,10H2,1-3H3;1H. The molecule has 2 unspecified atom stereocenters. The van der Waals surface area contributed by atoms with Crippen LogP contribution in [0.2, 0.25) is 0 Å². The minimum absolute atomic E-state index is 0. The fourth-order valence-electron chi connectivity index (χ4n) is 1.70. The Balaban J connectivity index is 0.00000225. The maximum atomic E-state index is 12.0. The van der Waals surface area contributed by atoms with Crippen LogP contribution in [0.25, 0.3) is 0 Å². The third-order valence-electron chi connectivity index (χ3n) is 3.10. The van der Waals surface area contributed by atoms with E-state index in [9.17, 15) is 8.42 Å². The van der Waals surface area contributed by atoms with E-state index in [1.807, 2.05) is 13.8 Å². The summed E-state index contributed by atoms with van der Waals surface area (Å²) in [7, 11) is -1.65. The topological polar surface area (TPSA) is 66.6 Å². The van der Waals surface area contributed by atoms with Gasteiger partial charge in [0.1, 0.15) is 0 Å². The van der Waals surface area contributed by atoms with E-state index in [0.717, 1.165) is 6.42 Å². The molecule has 1 aliphatic rings. The fraction of sp³-hybridized carbons (Fsp3) is 1.00. The van der Waals surface area contributed by atoms with Gasteiger partial charge in [0.05, 0.1) is 0 Å². The lowest BCUT2D eigenvalue weighted by Crippen LogP contribution is -2.51. The SMILES string of the molecule is CCN(C)S(=O)(=O)N1CCC(N)C(C)C1.Cl. The maximum absolute atomic E-state index is 12.0. The number of hydrogen-bond acceptors (Lipinski definition) is 3. The molecule has 0 radical (unpaired) electrons. The molecule has 1 fully saturated rings. The lowest BCUT2D eigenvalue weighted by Gasteiger charge is -2.35. The van der Waals surface area contributed by atoms with E-state index in [-0.39, 0.29) is 24.4 Å². The lowest BCUT2D eigenvalue weighted by molar-refractivity contribution is 0.238. The van der Waals surface area contributed by atoms with Crippen molar-refractivity contribution in [3.63, 3.8) is 0 Å². The molecule has 1 saturated heterocycles. The molecule has 16 heavy (non-hydrogen) atoms. The highest BCUT2D eigenvalue weighted by Crippen LogP contribution is 2.19. The van der Waals surface area contributed by atoms with Crippen molar-refractivity contribution in [2.75, 3.05) is 26.7 Å². The number of nitrogens with zero attached hydrogens (tertiary/aromatic N) is 2. The Morgan fingerprint density at radius 3 is 2.50 bits per heavy atom. The summed E-state index contributed by atoms with van der Waals surface area (Å²) in [6.07, 6.45) is 0.748. The molecule has 1 aliphatic heterocycles. The van der Waals surface area contributed by atoms with Crippen LogP contribution in [0.4, 0.5) is 0 Å². The van der Waals surface area contributed by atoms with Gasteiger partial charge in [0.2, 0.25) is 0 Å². The van der Waals surface area contributed by atoms with Crippen LogP contribution in [0.3, 0.4) is 0 Å². The van der Waals surface area contributed by atoms with E-state index in [0.29, 0.717) is 19.6 Å². The Hall–Kier alpha value is 0.120. The Labute approximate surface area is 105 Å². The van der Waals surface area contributed by atoms with Crippen molar-refractivity contribution in [1.82, 2.24) is 8.61 Å². The third-order valence-corrected chi connectivity index (χ3v) is 5.13. The third kappa shape index (κ3) is 3.30. The number of nitrogens with two attached hydrogens (primary N) is 1. The van der Waals surface area contributed by atoms with Crippen molar-refractivity contribution in [2.45, 2.75) is 26.3 Å². The molecule has 0 spiro atoms. The van der Waals surface area contributed by atoms with Crippen LogP contribution in [-0.2, 0) is 10.2 Å². The molecule has 7 heteroatoms. The first-order valence-corrected chi connectivity index (χ1v) is 6.76. The van der Waals surface area contributed by atoms with Crippen molar-refractivity contribution in [1.29, 1.82) is 0 Å². The van der Waals surface area contributed by atoms with Gasteiger partial charge in [-0.2, -0.15) is 17.0 Å². The predicted molar refractivity (Wildman–Crippen MR) is 67.8 cm³/mol. The summed E-state index contributed by atoms with van der Waals surface area (Å²) in [5, 5.41) is 0. The summed E-state index contributed by atoms with van der Waals surface area (Å²) < 4.78 is 26.9. The quantitative estimate of drug-likeness (QED) is 0.802. The van der Waals surface area contributed by atoms with Crippen LogP contribution in [0.5, 0.6) is 0 Å². The highest BCUT2D eigenvalue weighted by molar-refractivity contribution is 7.86. The van der Waals surface area contributed by atoms with E-state index >= 15 is 0 Å². The van der Waals surface area contributed by atoms with Crippen LogP contribution in [0, 0.1) is 5.92 Å². The highest BCUT2D eigenvalue weighted by Gasteiger charge is 2.32. The smallest absolute Gasteiger partial charge is 0.281 e. The van der Waals surface area contributed by atoms with E-state index in [2.05, 4.69) is 0 Å². The van der Waals surface area contributed by atoms with Crippen LogP contribution in [0.15, 0.2) is 0 Å². The summed E-state index contributed by atoms with van der Waals surface area (Å²) in [6.45, 7) is 5.40. The Bertz CT molecular complexity index is 310. The molecule has 5 nitrogen and oxygen atoms in total. The largest absolute Gasteiger partial charge is 0.327 e. The van der Waals surface area contributed by atoms with Crippen molar-refractivity contribution in [3.8, 4) is 0 Å². The van der Waals surface area contributed by atoms with E-state index in [4.69, 9.17) is 5.73 Å². The summed E-state index contributed by atoms with van der Waals surface area (Å²) in [4.78, 5) is 0. The monoisotopic (exact) mass is 271 g/mol. The van der Waals surface area contributed by atoms with Crippen LogP contribution in [-0.4, -0.2) is 49.8 Å². The molecule has 2 N–H and O–H groups in total. The molecular weight excluding hydrogens is 250 g/mol. The van der Waals surface area contributed by atoms with Gasteiger partial charge in [-0.25, -0.2) is 0 Å². The number of halogens is 1. The van der Waals surface area contributed by atoms with Crippen LogP contribution >= 0.6 is 12.4 Å². The predicted octanol–water partition coefficient (Wildman–Crippen LogP) is 0.274. The zero-order valence-corrected chi connectivity index (χ0v) is 11.7.